The summed E-state index contributed by atoms with van der Waals surface area (Å²) in [6.45, 7) is 1.95. The van der Waals surface area contributed by atoms with Crippen molar-refractivity contribution in [1.29, 1.82) is 0 Å². The van der Waals surface area contributed by atoms with E-state index < -0.39 is 17.6 Å². The van der Waals surface area contributed by atoms with Gasteiger partial charge in [-0.25, -0.2) is 4.68 Å². The predicted octanol–water partition coefficient (Wildman–Crippen LogP) is 4.54. The van der Waals surface area contributed by atoms with Crippen LogP contribution in [-0.2, 0) is 6.18 Å². The fraction of sp³-hybridized carbons (Fsp3) is 0.158. The zero-order valence-electron chi connectivity index (χ0n) is 14.3. The molecule has 3 rings (SSSR count). The number of hydrogen-bond donors (Lipinski definition) is 1. The lowest BCUT2D eigenvalue weighted by Crippen LogP contribution is -2.14. The Hall–Kier alpha value is -3.29. The van der Waals surface area contributed by atoms with Gasteiger partial charge < -0.3 is 10.1 Å². The van der Waals surface area contributed by atoms with Crippen molar-refractivity contribution in [2.24, 2.45) is 0 Å². The molecule has 0 spiro atoms. The third kappa shape index (κ3) is 4.28. The van der Waals surface area contributed by atoms with Crippen LogP contribution in [-0.4, -0.2) is 22.3 Å². The molecule has 5 nitrogen and oxygen atoms in total. The number of aromatic nitrogens is 2. The highest BCUT2D eigenvalue weighted by molar-refractivity contribution is 6.04. The number of anilines is 1. The fourth-order valence-electron chi connectivity index (χ4n) is 2.44. The Morgan fingerprint density at radius 2 is 1.93 bits per heavy atom. The van der Waals surface area contributed by atoms with E-state index in [0.29, 0.717) is 0 Å². The molecule has 1 N–H and O–H groups in total. The minimum absolute atomic E-state index is 0.0517. The molecule has 1 amide bonds. The van der Waals surface area contributed by atoms with Crippen molar-refractivity contribution in [3.05, 3.63) is 72.1 Å². The maximum absolute atomic E-state index is 13.0. The molecule has 1 aromatic heterocycles. The second-order valence-electron chi connectivity index (χ2n) is 5.60. The lowest BCUT2D eigenvalue weighted by molar-refractivity contribution is -0.137. The van der Waals surface area contributed by atoms with Gasteiger partial charge in [-0.15, -0.1) is 0 Å². The summed E-state index contributed by atoms with van der Waals surface area (Å²) in [6, 6.07) is 12.1. The Kier molecular flexibility index (Phi) is 5.16. The van der Waals surface area contributed by atoms with Gasteiger partial charge in [0.05, 0.1) is 35.3 Å². The van der Waals surface area contributed by atoms with Crippen LogP contribution in [0.25, 0.3) is 5.69 Å². The lowest BCUT2D eigenvalue weighted by atomic mass is 10.1. The van der Waals surface area contributed by atoms with Crippen LogP contribution in [0, 0.1) is 0 Å². The van der Waals surface area contributed by atoms with Gasteiger partial charge in [0.1, 0.15) is 5.75 Å². The van der Waals surface area contributed by atoms with Gasteiger partial charge in [-0.1, -0.05) is 18.2 Å². The first kappa shape index (κ1) is 18.5. The van der Waals surface area contributed by atoms with Gasteiger partial charge in [-0.3, -0.25) is 4.79 Å². The fourth-order valence-corrected chi connectivity index (χ4v) is 2.44. The molecule has 0 aliphatic rings. The minimum atomic E-state index is -4.53. The van der Waals surface area contributed by atoms with Crippen molar-refractivity contribution >= 4 is 11.6 Å². The molecule has 0 aliphatic carbocycles. The first-order chi connectivity index (χ1) is 12.9. The number of nitrogens with zero attached hydrogens (tertiary/aromatic N) is 2. The smallest absolute Gasteiger partial charge is 0.416 e. The molecule has 0 unspecified atom stereocenters. The van der Waals surface area contributed by atoms with Crippen LogP contribution in [0.3, 0.4) is 0 Å². The number of benzene rings is 2. The Labute approximate surface area is 153 Å². The number of rotatable bonds is 5. The number of para-hydroxylation sites is 1. The number of carbonyl (C=O) groups excluding carboxylic acids is 1. The summed E-state index contributed by atoms with van der Waals surface area (Å²) in [6.07, 6.45) is -1.68. The van der Waals surface area contributed by atoms with Crippen LogP contribution in [0.1, 0.15) is 22.8 Å². The van der Waals surface area contributed by atoms with Crippen LogP contribution in [0.2, 0.25) is 0 Å². The molecule has 2 aromatic carbocycles. The summed E-state index contributed by atoms with van der Waals surface area (Å²) < 4.78 is 45.7. The molecule has 0 aliphatic heterocycles. The summed E-state index contributed by atoms with van der Waals surface area (Å²) in [5, 5.41) is 6.58. The highest BCUT2D eigenvalue weighted by Gasteiger charge is 2.31. The van der Waals surface area contributed by atoms with Crippen molar-refractivity contribution in [2.75, 3.05) is 11.9 Å². The number of halogens is 3. The number of ether oxygens (including phenoxy) is 1. The largest absolute Gasteiger partial charge is 0.492 e. The van der Waals surface area contributed by atoms with E-state index in [4.69, 9.17) is 4.74 Å². The second-order valence-corrected chi connectivity index (χ2v) is 5.60. The number of carbonyl (C=O) groups is 1. The Bertz CT molecular complexity index is 937. The zero-order valence-corrected chi connectivity index (χ0v) is 14.3. The topological polar surface area (TPSA) is 56.1 Å². The highest BCUT2D eigenvalue weighted by Crippen LogP contribution is 2.35. The van der Waals surface area contributed by atoms with Crippen molar-refractivity contribution in [2.45, 2.75) is 13.1 Å². The van der Waals surface area contributed by atoms with Gasteiger partial charge in [0, 0.05) is 6.20 Å². The molecule has 3 aromatic rings. The van der Waals surface area contributed by atoms with Crippen LogP contribution in [0.15, 0.2) is 60.9 Å². The summed E-state index contributed by atoms with van der Waals surface area (Å²) in [4.78, 5) is 12.5. The standard InChI is InChI=1S/C19H16F3N3O2/c1-2-27-17-9-8-14(19(20,21)22)10-16(17)24-18(26)13-11-23-25(12-13)15-6-4-3-5-7-15/h3-12H,2H2,1H3,(H,24,26). The molecule has 0 atom stereocenters. The van der Waals surface area contributed by atoms with Gasteiger partial charge in [0.15, 0.2) is 0 Å². The van der Waals surface area contributed by atoms with E-state index in [2.05, 4.69) is 10.4 Å². The van der Waals surface area contributed by atoms with Gasteiger partial charge in [-0.05, 0) is 37.3 Å². The number of amides is 1. The molecule has 0 fully saturated rings. The van der Waals surface area contributed by atoms with E-state index in [1.54, 1.807) is 6.92 Å². The molecule has 0 saturated heterocycles. The lowest BCUT2D eigenvalue weighted by Gasteiger charge is -2.14. The summed E-state index contributed by atoms with van der Waals surface area (Å²) in [5.41, 5.74) is 0.0368. The van der Waals surface area contributed by atoms with Crippen molar-refractivity contribution < 1.29 is 22.7 Å². The number of hydrogen-bond acceptors (Lipinski definition) is 3. The van der Waals surface area contributed by atoms with Crippen LogP contribution in [0.4, 0.5) is 18.9 Å². The van der Waals surface area contributed by atoms with Gasteiger partial charge in [-0.2, -0.15) is 18.3 Å². The van der Waals surface area contributed by atoms with E-state index in [-0.39, 0.29) is 23.6 Å². The average Bonchev–Trinajstić information content (AvgIpc) is 3.13. The maximum Gasteiger partial charge on any atom is 0.416 e. The van der Waals surface area contributed by atoms with E-state index in [1.807, 2.05) is 30.3 Å². The Morgan fingerprint density at radius 1 is 1.19 bits per heavy atom. The average molecular weight is 375 g/mol. The first-order valence-electron chi connectivity index (χ1n) is 8.14. The van der Waals surface area contributed by atoms with Gasteiger partial charge in [0.25, 0.3) is 5.91 Å². The number of alkyl halides is 3. The van der Waals surface area contributed by atoms with E-state index in [1.165, 1.54) is 23.1 Å². The molecule has 0 saturated carbocycles. The molecule has 27 heavy (non-hydrogen) atoms. The molecule has 140 valence electrons. The SMILES string of the molecule is CCOc1ccc(C(F)(F)F)cc1NC(=O)c1cnn(-c2ccccc2)c1. The van der Waals surface area contributed by atoms with Gasteiger partial charge in [0.2, 0.25) is 0 Å². The van der Waals surface area contributed by atoms with Crippen molar-refractivity contribution in [3.63, 3.8) is 0 Å². The summed E-state index contributed by atoms with van der Waals surface area (Å²) >= 11 is 0. The van der Waals surface area contributed by atoms with Gasteiger partial charge >= 0.3 is 6.18 Å². The Balaban J connectivity index is 1.86. The van der Waals surface area contributed by atoms with Crippen LogP contribution < -0.4 is 10.1 Å². The predicted molar refractivity (Wildman–Crippen MR) is 94.1 cm³/mol. The van der Waals surface area contributed by atoms with E-state index >= 15 is 0 Å². The van der Waals surface area contributed by atoms with Crippen molar-refractivity contribution in [3.8, 4) is 11.4 Å². The quantitative estimate of drug-likeness (QED) is 0.712. The summed E-state index contributed by atoms with van der Waals surface area (Å²) in [7, 11) is 0. The minimum Gasteiger partial charge on any atom is -0.492 e. The molecule has 0 radical (unpaired) electrons. The third-order valence-corrected chi connectivity index (χ3v) is 3.72. The number of nitrogens with one attached hydrogen (secondary N) is 1. The van der Waals surface area contributed by atoms with Crippen molar-refractivity contribution in [1.82, 2.24) is 9.78 Å². The molecule has 8 heteroatoms. The second kappa shape index (κ2) is 7.53. The maximum atomic E-state index is 13.0. The van der Waals surface area contributed by atoms with Crippen LogP contribution in [0.5, 0.6) is 5.75 Å². The monoisotopic (exact) mass is 375 g/mol. The normalized spacial score (nSPS) is 11.3. The van der Waals surface area contributed by atoms with E-state index in [9.17, 15) is 18.0 Å². The molecular formula is C19H16F3N3O2. The summed E-state index contributed by atoms with van der Waals surface area (Å²) in [5.74, 6) is -0.424. The third-order valence-electron chi connectivity index (χ3n) is 3.72. The molecule has 0 bridgehead atoms. The molecular weight excluding hydrogens is 359 g/mol. The zero-order chi connectivity index (χ0) is 19.4. The molecule has 1 heterocycles. The highest BCUT2D eigenvalue weighted by atomic mass is 19.4. The first-order valence-corrected chi connectivity index (χ1v) is 8.14. The Morgan fingerprint density at radius 3 is 2.59 bits per heavy atom. The van der Waals surface area contributed by atoms with E-state index in [0.717, 1.165) is 17.8 Å². The van der Waals surface area contributed by atoms with Crippen LogP contribution >= 0.6 is 0 Å².